The summed E-state index contributed by atoms with van der Waals surface area (Å²) < 4.78 is 0. The molecular formula is C25H39Cl2CoN3. The molecule has 0 saturated heterocycles. The van der Waals surface area contributed by atoms with Crippen molar-refractivity contribution < 1.29 is 41.6 Å². The topological polar surface area (TPSA) is 36.1 Å². The second-order valence-corrected chi connectivity index (χ2v) is 8.50. The fourth-order valence-electron chi connectivity index (χ4n) is 3.73. The Morgan fingerprint density at radius 2 is 1.10 bits per heavy atom. The second kappa shape index (κ2) is 15.8. The number of hydrogen-bond acceptors (Lipinski definition) is 3. The van der Waals surface area contributed by atoms with Crippen molar-refractivity contribution in [1.82, 2.24) is 5.32 Å². The predicted molar refractivity (Wildman–Crippen MR) is 125 cm³/mol. The molecule has 3 N–H and O–H groups in total. The minimum atomic E-state index is 0. The Hall–Kier alpha value is -0.914. The standard InChI is InChI=1S/C25H39N3.2ClH.Co/c1-17(2)22-15-19(5)16-23(18(3)4)25(22)28-14-12-26-11-13-27-24-20(6)9-8-10-21(24)7;;;/h8-10,15-18,26-28H,11-14H2,1-7H3;2*1H;/q;;;+2/p-2. The first-order valence-corrected chi connectivity index (χ1v) is 10.7. The molecule has 0 heterocycles. The molecule has 0 unspecified atom stereocenters. The fraction of sp³-hybridized carbons (Fsp3) is 0.520. The third-order valence-corrected chi connectivity index (χ3v) is 5.28. The Morgan fingerprint density at radius 1 is 0.677 bits per heavy atom. The van der Waals surface area contributed by atoms with E-state index in [-0.39, 0.29) is 41.6 Å². The van der Waals surface area contributed by atoms with E-state index in [0.29, 0.717) is 11.8 Å². The van der Waals surface area contributed by atoms with Gasteiger partial charge in [-0.05, 0) is 54.9 Å². The van der Waals surface area contributed by atoms with Crippen molar-refractivity contribution in [3.63, 3.8) is 0 Å². The molecule has 1 radical (unpaired) electrons. The van der Waals surface area contributed by atoms with Crippen LogP contribution in [0.2, 0.25) is 0 Å². The number of anilines is 2. The van der Waals surface area contributed by atoms with E-state index in [1.54, 1.807) is 0 Å². The van der Waals surface area contributed by atoms with Crippen LogP contribution in [0, 0.1) is 20.8 Å². The van der Waals surface area contributed by atoms with Crippen molar-refractivity contribution in [1.29, 1.82) is 0 Å². The average molecular weight is 511 g/mol. The molecule has 0 amide bonds. The molecule has 0 bridgehead atoms. The van der Waals surface area contributed by atoms with E-state index in [1.807, 2.05) is 0 Å². The van der Waals surface area contributed by atoms with Gasteiger partial charge in [-0.25, -0.2) is 0 Å². The number of rotatable bonds is 10. The van der Waals surface area contributed by atoms with Gasteiger partial charge in [0.15, 0.2) is 0 Å². The first-order valence-electron chi connectivity index (χ1n) is 10.7. The van der Waals surface area contributed by atoms with Crippen molar-refractivity contribution in [2.45, 2.75) is 60.3 Å². The van der Waals surface area contributed by atoms with Crippen LogP contribution in [-0.4, -0.2) is 26.2 Å². The molecule has 0 atom stereocenters. The number of halogens is 2. The van der Waals surface area contributed by atoms with Crippen LogP contribution >= 0.6 is 0 Å². The predicted octanol–water partition coefficient (Wildman–Crippen LogP) is -0.0222. The van der Waals surface area contributed by atoms with Gasteiger partial charge in [0.05, 0.1) is 0 Å². The maximum atomic E-state index is 3.72. The van der Waals surface area contributed by atoms with Gasteiger partial charge >= 0.3 is 16.8 Å². The van der Waals surface area contributed by atoms with E-state index < -0.39 is 0 Å². The Balaban J connectivity index is 0. The first kappa shape index (κ1) is 32.3. The minimum Gasteiger partial charge on any atom is -1.00 e. The van der Waals surface area contributed by atoms with Crippen molar-refractivity contribution in [2.75, 3.05) is 36.8 Å². The molecule has 0 aliphatic rings. The SMILES string of the molecule is Cc1cc(C(C)C)c(NCCNCCNc2c(C)cccc2C)c(C(C)C)c1.[Cl-].[Cl-].[Co+2]. The van der Waals surface area contributed by atoms with Gasteiger partial charge in [0.1, 0.15) is 0 Å². The monoisotopic (exact) mass is 510 g/mol. The zero-order chi connectivity index (χ0) is 20.7. The molecule has 3 nitrogen and oxygen atoms in total. The van der Waals surface area contributed by atoms with Gasteiger partial charge in [-0.3, -0.25) is 0 Å². The quantitative estimate of drug-likeness (QED) is 0.393. The van der Waals surface area contributed by atoms with E-state index in [4.69, 9.17) is 0 Å². The molecular weight excluding hydrogens is 472 g/mol. The Morgan fingerprint density at radius 3 is 1.52 bits per heavy atom. The van der Waals surface area contributed by atoms with Gasteiger partial charge in [-0.1, -0.05) is 63.6 Å². The van der Waals surface area contributed by atoms with E-state index in [2.05, 4.69) is 94.7 Å². The number of hydrogen-bond donors (Lipinski definition) is 3. The van der Waals surface area contributed by atoms with Gasteiger partial charge in [-0.2, -0.15) is 0 Å². The Kier molecular flexibility index (Phi) is 16.5. The zero-order valence-electron chi connectivity index (χ0n) is 20.0. The van der Waals surface area contributed by atoms with Crippen molar-refractivity contribution in [3.8, 4) is 0 Å². The molecule has 0 aliphatic heterocycles. The molecule has 177 valence electrons. The van der Waals surface area contributed by atoms with Crippen molar-refractivity contribution in [3.05, 3.63) is 58.1 Å². The maximum Gasteiger partial charge on any atom is 2.00 e. The molecule has 0 saturated carbocycles. The largest absolute Gasteiger partial charge is 2.00 e. The normalized spacial score (nSPS) is 10.2. The van der Waals surface area contributed by atoms with Crippen LogP contribution in [0.25, 0.3) is 0 Å². The molecule has 0 spiro atoms. The average Bonchev–Trinajstić information content (AvgIpc) is 2.63. The van der Waals surface area contributed by atoms with Crippen LogP contribution in [-0.2, 0) is 16.8 Å². The molecule has 0 aromatic heterocycles. The Bertz CT molecular complexity index is 730. The third-order valence-electron chi connectivity index (χ3n) is 5.28. The molecule has 0 aliphatic carbocycles. The van der Waals surface area contributed by atoms with Crippen molar-refractivity contribution in [2.24, 2.45) is 0 Å². The Labute approximate surface area is 213 Å². The summed E-state index contributed by atoms with van der Waals surface area (Å²) in [4.78, 5) is 0. The molecule has 2 rings (SSSR count). The van der Waals surface area contributed by atoms with Crippen LogP contribution in [0.5, 0.6) is 0 Å². The third kappa shape index (κ3) is 9.63. The number of nitrogens with one attached hydrogen (secondary N) is 3. The van der Waals surface area contributed by atoms with E-state index >= 15 is 0 Å². The number of benzene rings is 2. The molecule has 2 aromatic rings. The van der Waals surface area contributed by atoms with Crippen molar-refractivity contribution >= 4 is 11.4 Å². The fourth-order valence-corrected chi connectivity index (χ4v) is 3.73. The summed E-state index contributed by atoms with van der Waals surface area (Å²) in [6.45, 7) is 19.4. The number of para-hydroxylation sites is 1. The van der Waals surface area contributed by atoms with E-state index in [1.165, 1.54) is 39.2 Å². The molecule has 6 heteroatoms. The van der Waals surface area contributed by atoms with Gasteiger partial charge in [-0.15, -0.1) is 0 Å². The molecule has 2 aromatic carbocycles. The summed E-state index contributed by atoms with van der Waals surface area (Å²) in [7, 11) is 0. The van der Waals surface area contributed by atoms with Gasteiger partial charge in [0.2, 0.25) is 0 Å². The first-order chi connectivity index (χ1) is 13.3. The van der Waals surface area contributed by atoms with Crippen LogP contribution in [0.15, 0.2) is 30.3 Å². The number of aryl methyl sites for hydroxylation is 3. The summed E-state index contributed by atoms with van der Waals surface area (Å²) in [5.74, 6) is 1.05. The smallest absolute Gasteiger partial charge is 1.00 e. The van der Waals surface area contributed by atoms with Crippen LogP contribution in [0.3, 0.4) is 0 Å². The molecule has 31 heavy (non-hydrogen) atoms. The summed E-state index contributed by atoms with van der Waals surface area (Å²) in [6.07, 6.45) is 0. The molecule has 0 fully saturated rings. The van der Waals surface area contributed by atoms with Crippen LogP contribution in [0.1, 0.15) is 67.3 Å². The zero-order valence-corrected chi connectivity index (χ0v) is 22.5. The van der Waals surface area contributed by atoms with E-state index in [9.17, 15) is 0 Å². The summed E-state index contributed by atoms with van der Waals surface area (Å²) in [5.41, 5.74) is 9.44. The maximum absolute atomic E-state index is 3.72. The summed E-state index contributed by atoms with van der Waals surface area (Å²) in [5, 5.41) is 10.8. The van der Waals surface area contributed by atoms with Gasteiger partial charge < -0.3 is 40.8 Å². The summed E-state index contributed by atoms with van der Waals surface area (Å²) >= 11 is 0. The summed E-state index contributed by atoms with van der Waals surface area (Å²) in [6, 6.07) is 11.1. The van der Waals surface area contributed by atoms with Crippen LogP contribution < -0.4 is 40.8 Å². The van der Waals surface area contributed by atoms with Gasteiger partial charge in [0.25, 0.3) is 0 Å². The van der Waals surface area contributed by atoms with E-state index in [0.717, 1.165) is 26.2 Å². The second-order valence-electron chi connectivity index (χ2n) is 8.50. The van der Waals surface area contributed by atoms with Crippen LogP contribution in [0.4, 0.5) is 11.4 Å². The van der Waals surface area contributed by atoms with Gasteiger partial charge in [0, 0.05) is 37.6 Å². The minimum absolute atomic E-state index is 0.